The van der Waals surface area contributed by atoms with Crippen molar-refractivity contribution >= 4 is 23.4 Å². The maximum atomic E-state index is 13.0. The Labute approximate surface area is 183 Å². The molecular formula is C24H28ClN3O2. The van der Waals surface area contributed by atoms with Gasteiger partial charge in [0.15, 0.2) is 0 Å². The molecule has 0 bridgehead atoms. The Morgan fingerprint density at radius 2 is 1.63 bits per heavy atom. The van der Waals surface area contributed by atoms with Crippen LogP contribution in [-0.2, 0) is 11.2 Å². The molecule has 2 aliphatic rings. The lowest BCUT2D eigenvalue weighted by molar-refractivity contribution is -0.144. The van der Waals surface area contributed by atoms with Crippen LogP contribution in [0.4, 0.5) is 0 Å². The van der Waals surface area contributed by atoms with Gasteiger partial charge in [-0.15, -0.1) is 0 Å². The van der Waals surface area contributed by atoms with Gasteiger partial charge in [0.25, 0.3) is 5.91 Å². The predicted molar refractivity (Wildman–Crippen MR) is 119 cm³/mol. The van der Waals surface area contributed by atoms with Crippen molar-refractivity contribution in [2.45, 2.75) is 6.42 Å². The molecule has 2 fully saturated rings. The maximum absolute atomic E-state index is 13.0. The van der Waals surface area contributed by atoms with Crippen LogP contribution in [0.5, 0.6) is 0 Å². The van der Waals surface area contributed by atoms with Crippen LogP contribution in [0, 0.1) is 11.3 Å². The number of carbonyl (C=O) groups excluding carboxylic acids is 2. The van der Waals surface area contributed by atoms with E-state index in [0.717, 1.165) is 37.3 Å². The molecule has 1 unspecified atom stereocenters. The summed E-state index contributed by atoms with van der Waals surface area (Å²) in [6.45, 7) is 3.81. The fourth-order valence-electron chi connectivity index (χ4n) is 4.78. The van der Waals surface area contributed by atoms with Crippen LogP contribution < -0.4 is 0 Å². The van der Waals surface area contributed by atoms with Gasteiger partial charge in [-0.1, -0.05) is 41.9 Å². The van der Waals surface area contributed by atoms with Gasteiger partial charge in [0.1, 0.15) is 0 Å². The van der Waals surface area contributed by atoms with E-state index >= 15 is 0 Å². The second kappa shape index (κ2) is 8.40. The lowest BCUT2D eigenvalue weighted by Gasteiger charge is -2.51. The zero-order valence-corrected chi connectivity index (χ0v) is 18.3. The normalized spacial score (nSPS) is 19.9. The molecule has 4 rings (SSSR count). The first kappa shape index (κ1) is 20.9. The molecule has 5 nitrogen and oxygen atoms in total. The van der Waals surface area contributed by atoms with Gasteiger partial charge in [0.2, 0.25) is 5.91 Å². The first-order chi connectivity index (χ1) is 14.4. The lowest BCUT2D eigenvalue weighted by Crippen LogP contribution is -2.63. The monoisotopic (exact) mass is 425 g/mol. The molecule has 2 aliphatic heterocycles. The smallest absolute Gasteiger partial charge is 0.253 e. The molecule has 2 saturated heterocycles. The number of likely N-dealkylation sites (tertiary alicyclic amines) is 2. The van der Waals surface area contributed by atoms with Gasteiger partial charge in [-0.3, -0.25) is 9.59 Å². The summed E-state index contributed by atoms with van der Waals surface area (Å²) in [5.74, 6) is 0.585. The van der Waals surface area contributed by atoms with Crippen molar-refractivity contribution in [2.24, 2.45) is 11.3 Å². The van der Waals surface area contributed by atoms with Gasteiger partial charge in [-0.25, -0.2) is 0 Å². The van der Waals surface area contributed by atoms with Gasteiger partial charge in [-0.2, -0.15) is 0 Å². The van der Waals surface area contributed by atoms with Crippen LogP contribution in [0.25, 0.3) is 0 Å². The van der Waals surface area contributed by atoms with Gasteiger partial charge in [-0.05, 0) is 49.8 Å². The molecule has 0 radical (unpaired) electrons. The summed E-state index contributed by atoms with van der Waals surface area (Å²) in [5, 5.41) is 0.676. The molecule has 2 amide bonds. The number of benzene rings is 2. The third-order valence-electron chi connectivity index (χ3n) is 6.34. The highest BCUT2D eigenvalue weighted by Gasteiger charge is 2.56. The average Bonchev–Trinajstić information content (AvgIpc) is 3.07. The number of halogens is 1. The van der Waals surface area contributed by atoms with Crippen molar-refractivity contribution in [1.82, 2.24) is 14.7 Å². The molecule has 1 atom stereocenters. The fraction of sp³-hybridized carbons (Fsp3) is 0.417. The van der Waals surface area contributed by atoms with Crippen LogP contribution in [0.15, 0.2) is 54.6 Å². The van der Waals surface area contributed by atoms with Crippen LogP contribution >= 0.6 is 11.6 Å². The van der Waals surface area contributed by atoms with E-state index < -0.39 is 0 Å². The molecule has 1 spiro atoms. The van der Waals surface area contributed by atoms with E-state index in [-0.39, 0.29) is 17.2 Å². The summed E-state index contributed by atoms with van der Waals surface area (Å²) in [7, 11) is 4.13. The highest BCUT2D eigenvalue weighted by molar-refractivity contribution is 6.30. The van der Waals surface area contributed by atoms with E-state index in [0.29, 0.717) is 23.9 Å². The molecule has 0 saturated carbocycles. The summed E-state index contributed by atoms with van der Waals surface area (Å²) < 4.78 is 0. The molecule has 0 N–H and O–H groups in total. The molecule has 2 aromatic rings. The fourth-order valence-corrected chi connectivity index (χ4v) is 4.91. The van der Waals surface area contributed by atoms with Crippen molar-refractivity contribution in [3.8, 4) is 0 Å². The lowest BCUT2D eigenvalue weighted by atomic mass is 9.71. The second-order valence-electron chi connectivity index (χ2n) is 8.93. The van der Waals surface area contributed by atoms with Crippen LogP contribution in [-0.4, -0.2) is 73.3 Å². The third kappa shape index (κ3) is 4.23. The number of nitrogens with zero attached hydrogens (tertiary/aromatic N) is 3. The molecule has 2 aromatic carbocycles. The van der Waals surface area contributed by atoms with Gasteiger partial charge >= 0.3 is 0 Å². The van der Waals surface area contributed by atoms with Crippen molar-refractivity contribution in [1.29, 1.82) is 0 Å². The first-order valence-electron chi connectivity index (χ1n) is 10.4. The number of rotatable bonds is 5. The molecule has 30 heavy (non-hydrogen) atoms. The SMILES string of the molecule is CN(C)CC1CN(C(=O)c2ccccc2)CC12CN(C(=O)Cc1ccc(Cl)cc1)C2. The van der Waals surface area contributed by atoms with Gasteiger partial charge in [0, 0.05) is 48.7 Å². The topological polar surface area (TPSA) is 43.9 Å². The Bertz CT molecular complexity index is 908. The zero-order valence-electron chi connectivity index (χ0n) is 17.6. The van der Waals surface area contributed by atoms with Crippen LogP contribution in [0.3, 0.4) is 0 Å². The van der Waals surface area contributed by atoms with E-state index in [1.54, 1.807) is 0 Å². The Morgan fingerprint density at radius 1 is 1.00 bits per heavy atom. The summed E-state index contributed by atoms with van der Waals surface area (Å²) in [4.78, 5) is 31.9. The Hall–Kier alpha value is -2.37. The van der Waals surface area contributed by atoms with Gasteiger partial charge < -0.3 is 14.7 Å². The Kier molecular flexibility index (Phi) is 5.85. The summed E-state index contributed by atoms with van der Waals surface area (Å²) >= 11 is 5.94. The van der Waals surface area contributed by atoms with Crippen molar-refractivity contribution in [3.05, 3.63) is 70.7 Å². The van der Waals surface area contributed by atoms with Crippen LogP contribution in [0.2, 0.25) is 5.02 Å². The minimum atomic E-state index is -0.00956. The van der Waals surface area contributed by atoms with Crippen LogP contribution in [0.1, 0.15) is 15.9 Å². The maximum Gasteiger partial charge on any atom is 0.253 e. The average molecular weight is 426 g/mol. The largest absolute Gasteiger partial charge is 0.341 e. The standard InChI is InChI=1S/C24H28ClN3O2/c1-26(2)13-20-14-27(23(30)19-6-4-3-5-7-19)15-24(20)16-28(17-24)22(29)12-18-8-10-21(25)11-9-18/h3-11,20H,12-17H2,1-2H3. The van der Waals surface area contributed by atoms with E-state index in [9.17, 15) is 9.59 Å². The summed E-state index contributed by atoms with van der Waals surface area (Å²) in [6, 6.07) is 16.9. The Morgan fingerprint density at radius 3 is 2.27 bits per heavy atom. The molecule has 0 aliphatic carbocycles. The number of hydrogen-bond acceptors (Lipinski definition) is 3. The highest BCUT2D eigenvalue weighted by atomic mass is 35.5. The number of amides is 2. The van der Waals surface area contributed by atoms with E-state index in [4.69, 9.17) is 11.6 Å². The summed E-state index contributed by atoms with van der Waals surface area (Å²) in [5.41, 5.74) is 1.69. The minimum absolute atomic E-state index is 0.00956. The predicted octanol–water partition coefficient (Wildman–Crippen LogP) is 3.04. The molecule has 0 aromatic heterocycles. The molecular weight excluding hydrogens is 398 g/mol. The molecule has 2 heterocycles. The molecule has 6 heteroatoms. The first-order valence-corrected chi connectivity index (χ1v) is 10.8. The second-order valence-corrected chi connectivity index (χ2v) is 9.36. The summed E-state index contributed by atoms with van der Waals surface area (Å²) in [6.07, 6.45) is 0.387. The van der Waals surface area contributed by atoms with E-state index in [2.05, 4.69) is 19.0 Å². The third-order valence-corrected chi connectivity index (χ3v) is 6.59. The number of hydrogen-bond donors (Lipinski definition) is 0. The Balaban J connectivity index is 1.43. The number of carbonyl (C=O) groups is 2. The minimum Gasteiger partial charge on any atom is -0.341 e. The van der Waals surface area contributed by atoms with E-state index in [1.165, 1.54) is 0 Å². The molecule has 158 valence electrons. The van der Waals surface area contributed by atoms with E-state index in [1.807, 2.05) is 64.4 Å². The quantitative estimate of drug-likeness (QED) is 0.739. The van der Waals surface area contributed by atoms with Gasteiger partial charge in [0.05, 0.1) is 6.42 Å². The van der Waals surface area contributed by atoms with Crippen molar-refractivity contribution in [2.75, 3.05) is 46.8 Å². The van der Waals surface area contributed by atoms with Crippen molar-refractivity contribution < 1.29 is 9.59 Å². The highest BCUT2D eigenvalue weighted by Crippen LogP contribution is 2.44. The zero-order chi connectivity index (χ0) is 21.3. The van der Waals surface area contributed by atoms with Crippen molar-refractivity contribution in [3.63, 3.8) is 0 Å².